The molecule has 0 amide bonds. The second kappa shape index (κ2) is 6.02. The predicted molar refractivity (Wildman–Crippen MR) is 75.7 cm³/mol. The second-order valence-corrected chi connectivity index (χ2v) is 5.21. The topological polar surface area (TPSA) is 38.1 Å². The Bertz CT molecular complexity index is 500. The van der Waals surface area contributed by atoms with E-state index in [0.29, 0.717) is 11.9 Å². The van der Waals surface area contributed by atoms with Crippen LogP contribution in [-0.4, -0.2) is 11.0 Å². The van der Waals surface area contributed by atoms with Gasteiger partial charge in [0, 0.05) is 11.6 Å². The lowest BCUT2D eigenvalue weighted by Crippen LogP contribution is -2.30. The van der Waals surface area contributed by atoms with Crippen molar-refractivity contribution in [1.82, 2.24) is 10.3 Å². The lowest BCUT2D eigenvalue weighted by atomic mass is 9.95. The minimum atomic E-state index is 0.652. The summed E-state index contributed by atoms with van der Waals surface area (Å²) in [5, 5.41) is 3.57. The lowest BCUT2D eigenvalue weighted by molar-refractivity contribution is 0.357. The van der Waals surface area contributed by atoms with Crippen LogP contribution in [0.1, 0.15) is 37.9 Å². The van der Waals surface area contributed by atoms with E-state index in [1.165, 1.54) is 32.1 Å². The van der Waals surface area contributed by atoms with Gasteiger partial charge < -0.3 is 9.73 Å². The Labute approximate surface area is 114 Å². The largest absolute Gasteiger partial charge is 0.440 e. The molecule has 3 nitrogen and oxygen atoms in total. The third kappa shape index (κ3) is 3.24. The molecule has 100 valence electrons. The van der Waals surface area contributed by atoms with E-state index in [1.54, 1.807) is 0 Å². The first-order valence-corrected chi connectivity index (χ1v) is 7.15. The summed E-state index contributed by atoms with van der Waals surface area (Å²) < 4.78 is 5.79. The molecule has 0 spiro atoms. The molecular weight excluding hydrogens is 236 g/mol. The van der Waals surface area contributed by atoms with Gasteiger partial charge in [-0.2, -0.15) is 0 Å². The zero-order valence-electron chi connectivity index (χ0n) is 11.1. The van der Waals surface area contributed by atoms with Gasteiger partial charge in [-0.05, 0) is 25.0 Å². The van der Waals surface area contributed by atoms with Crippen LogP contribution >= 0.6 is 0 Å². The first-order valence-electron chi connectivity index (χ1n) is 7.15. The zero-order chi connectivity index (χ0) is 12.9. The molecule has 1 aliphatic carbocycles. The molecule has 1 N–H and O–H groups in total. The molecule has 1 heterocycles. The Morgan fingerprint density at radius 2 is 1.89 bits per heavy atom. The number of aromatic nitrogens is 1. The third-order valence-corrected chi connectivity index (χ3v) is 3.74. The first kappa shape index (κ1) is 12.4. The molecule has 0 saturated heterocycles. The van der Waals surface area contributed by atoms with E-state index >= 15 is 0 Å². The van der Waals surface area contributed by atoms with Crippen LogP contribution in [0, 0.1) is 0 Å². The summed E-state index contributed by atoms with van der Waals surface area (Å²) in [6.07, 6.45) is 8.50. The highest BCUT2D eigenvalue weighted by Gasteiger charge is 2.13. The van der Waals surface area contributed by atoms with Crippen molar-refractivity contribution in [2.45, 2.75) is 44.7 Å². The molecule has 3 heteroatoms. The van der Waals surface area contributed by atoms with Gasteiger partial charge in [-0.25, -0.2) is 4.98 Å². The molecule has 1 aromatic heterocycles. The van der Waals surface area contributed by atoms with E-state index in [-0.39, 0.29) is 0 Å². The van der Waals surface area contributed by atoms with E-state index in [2.05, 4.69) is 10.3 Å². The molecule has 19 heavy (non-hydrogen) atoms. The van der Waals surface area contributed by atoms with Gasteiger partial charge in [0.1, 0.15) is 5.76 Å². The fraction of sp³-hybridized carbons (Fsp3) is 0.438. The minimum Gasteiger partial charge on any atom is -0.440 e. The Morgan fingerprint density at radius 3 is 2.68 bits per heavy atom. The number of oxazole rings is 1. The summed E-state index contributed by atoms with van der Waals surface area (Å²) in [4.78, 5) is 4.34. The summed E-state index contributed by atoms with van der Waals surface area (Å²) in [5.74, 6) is 1.63. The van der Waals surface area contributed by atoms with Crippen LogP contribution in [0.3, 0.4) is 0 Å². The van der Waals surface area contributed by atoms with E-state index < -0.39 is 0 Å². The van der Waals surface area contributed by atoms with Crippen molar-refractivity contribution in [3.05, 3.63) is 42.3 Å². The van der Waals surface area contributed by atoms with Gasteiger partial charge in [0.25, 0.3) is 0 Å². The average Bonchev–Trinajstić information content (AvgIpc) is 2.96. The third-order valence-electron chi connectivity index (χ3n) is 3.74. The maximum absolute atomic E-state index is 5.79. The van der Waals surface area contributed by atoms with Gasteiger partial charge in [0.2, 0.25) is 5.89 Å². The van der Waals surface area contributed by atoms with Crippen molar-refractivity contribution in [1.29, 1.82) is 0 Å². The number of hydrogen-bond donors (Lipinski definition) is 1. The Kier molecular flexibility index (Phi) is 3.94. The zero-order valence-corrected chi connectivity index (χ0v) is 11.1. The SMILES string of the molecule is c1ccc(-c2ncc(CNC3CCCCC3)o2)cc1. The molecule has 1 fully saturated rings. The summed E-state index contributed by atoms with van der Waals surface area (Å²) in [6, 6.07) is 10.7. The van der Waals surface area contributed by atoms with Crippen molar-refractivity contribution in [3.63, 3.8) is 0 Å². The maximum atomic E-state index is 5.79. The van der Waals surface area contributed by atoms with Crippen LogP contribution in [0.2, 0.25) is 0 Å². The molecule has 0 bridgehead atoms. The molecule has 0 aliphatic heterocycles. The molecule has 0 atom stereocenters. The molecule has 0 unspecified atom stereocenters. The van der Waals surface area contributed by atoms with E-state index in [4.69, 9.17) is 4.42 Å². The van der Waals surface area contributed by atoms with Gasteiger partial charge in [-0.15, -0.1) is 0 Å². The number of rotatable bonds is 4. The Morgan fingerprint density at radius 1 is 1.11 bits per heavy atom. The molecule has 1 aromatic carbocycles. The number of hydrogen-bond acceptors (Lipinski definition) is 3. The fourth-order valence-electron chi connectivity index (χ4n) is 2.66. The summed E-state index contributed by atoms with van der Waals surface area (Å²) in [6.45, 7) is 0.782. The molecule has 0 radical (unpaired) electrons. The van der Waals surface area contributed by atoms with Crippen molar-refractivity contribution in [2.24, 2.45) is 0 Å². The van der Waals surface area contributed by atoms with Crippen molar-refractivity contribution < 1.29 is 4.42 Å². The smallest absolute Gasteiger partial charge is 0.226 e. The summed E-state index contributed by atoms with van der Waals surface area (Å²) in [7, 11) is 0. The molecular formula is C16H20N2O. The quantitative estimate of drug-likeness (QED) is 0.905. The lowest BCUT2D eigenvalue weighted by Gasteiger charge is -2.22. The monoisotopic (exact) mass is 256 g/mol. The standard InChI is InChI=1S/C16H20N2O/c1-3-7-13(8-4-1)16-18-12-15(19-16)11-17-14-9-5-2-6-10-14/h1,3-4,7-8,12,14,17H,2,5-6,9-11H2. The van der Waals surface area contributed by atoms with Crippen LogP contribution in [-0.2, 0) is 6.54 Å². The fourth-order valence-corrected chi connectivity index (χ4v) is 2.66. The molecule has 1 saturated carbocycles. The number of benzene rings is 1. The predicted octanol–water partition coefficient (Wildman–Crippen LogP) is 3.76. The minimum absolute atomic E-state index is 0.652. The van der Waals surface area contributed by atoms with Gasteiger partial charge >= 0.3 is 0 Å². The molecule has 3 rings (SSSR count). The first-order chi connectivity index (χ1) is 9.42. The normalized spacial score (nSPS) is 16.6. The van der Waals surface area contributed by atoms with Crippen molar-refractivity contribution >= 4 is 0 Å². The second-order valence-electron chi connectivity index (χ2n) is 5.21. The Hall–Kier alpha value is -1.61. The van der Waals surface area contributed by atoms with Crippen LogP contribution < -0.4 is 5.32 Å². The molecule has 2 aromatic rings. The van der Waals surface area contributed by atoms with Crippen LogP contribution in [0.5, 0.6) is 0 Å². The van der Waals surface area contributed by atoms with Crippen molar-refractivity contribution in [3.8, 4) is 11.5 Å². The Balaban J connectivity index is 1.59. The van der Waals surface area contributed by atoms with E-state index in [0.717, 1.165) is 17.9 Å². The summed E-state index contributed by atoms with van der Waals surface area (Å²) >= 11 is 0. The van der Waals surface area contributed by atoms with Crippen molar-refractivity contribution in [2.75, 3.05) is 0 Å². The van der Waals surface area contributed by atoms with E-state index in [1.807, 2.05) is 36.5 Å². The maximum Gasteiger partial charge on any atom is 0.226 e. The van der Waals surface area contributed by atoms with Gasteiger partial charge in [0.15, 0.2) is 0 Å². The molecule has 1 aliphatic rings. The van der Waals surface area contributed by atoms with Crippen LogP contribution in [0.15, 0.2) is 40.9 Å². The number of nitrogens with one attached hydrogen (secondary N) is 1. The van der Waals surface area contributed by atoms with Gasteiger partial charge in [0.05, 0.1) is 12.7 Å². The van der Waals surface area contributed by atoms with E-state index in [9.17, 15) is 0 Å². The van der Waals surface area contributed by atoms with Crippen LogP contribution in [0.4, 0.5) is 0 Å². The highest BCUT2D eigenvalue weighted by Crippen LogP contribution is 2.20. The summed E-state index contributed by atoms with van der Waals surface area (Å²) in [5.41, 5.74) is 1.03. The highest BCUT2D eigenvalue weighted by atomic mass is 16.4. The highest BCUT2D eigenvalue weighted by molar-refractivity contribution is 5.52. The van der Waals surface area contributed by atoms with Gasteiger partial charge in [-0.3, -0.25) is 0 Å². The van der Waals surface area contributed by atoms with Gasteiger partial charge in [-0.1, -0.05) is 37.5 Å². The average molecular weight is 256 g/mol. The number of nitrogens with zero attached hydrogens (tertiary/aromatic N) is 1. The van der Waals surface area contributed by atoms with Crippen LogP contribution in [0.25, 0.3) is 11.5 Å².